The predicted octanol–water partition coefficient (Wildman–Crippen LogP) is 1.46. The second-order valence-electron chi connectivity index (χ2n) is 2.78. The van der Waals surface area contributed by atoms with E-state index in [1.807, 2.05) is 0 Å². The van der Waals surface area contributed by atoms with Gasteiger partial charge in [-0.3, -0.25) is 10.1 Å². The molecule has 0 aliphatic carbocycles. The summed E-state index contributed by atoms with van der Waals surface area (Å²) in [6, 6.07) is 1.65. The summed E-state index contributed by atoms with van der Waals surface area (Å²) in [7, 11) is -4.71. The molecule has 6 nitrogen and oxygen atoms in total. The van der Waals surface area contributed by atoms with Gasteiger partial charge in [0.2, 0.25) is 0 Å². The van der Waals surface area contributed by atoms with Crippen LogP contribution >= 0.6 is 11.6 Å². The molecule has 0 bridgehead atoms. The lowest BCUT2D eigenvalue weighted by atomic mass is 10.2. The molecule has 0 aromatic heterocycles. The fourth-order valence-corrected chi connectivity index (χ4v) is 1.75. The number of nitro groups is 1. The summed E-state index contributed by atoms with van der Waals surface area (Å²) in [5.74, 6) is 0. The summed E-state index contributed by atoms with van der Waals surface area (Å²) in [6.07, 6.45) is 0. The highest BCUT2D eigenvalue weighted by molar-refractivity contribution is 7.85. The van der Waals surface area contributed by atoms with Crippen LogP contribution in [0.2, 0.25) is 5.02 Å². The van der Waals surface area contributed by atoms with Crippen molar-refractivity contribution in [1.82, 2.24) is 0 Å². The number of rotatable bonds is 2. The van der Waals surface area contributed by atoms with Crippen LogP contribution in [0.1, 0.15) is 5.56 Å². The van der Waals surface area contributed by atoms with Gasteiger partial charge in [-0.1, -0.05) is 11.6 Å². The Bertz CT molecular complexity index is 524. The zero-order chi connectivity index (χ0) is 11.8. The lowest BCUT2D eigenvalue weighted by molar-refractivity contribution is -0.385. The maximum absolute atomic E-state index is 10.6. The summed E-state index contributed by atoms with van der Waals surface area (Å²) in [6.45, 7) is 1.38. The summed E-state index contributed by atoms with van der Waals surface area (Å²) in [5, 5.41) is 10.3. The molecule has 0 saturated heterocycles. The zero-order valence-corrected chi connectivity index (χ0v) is 9.00. The molecule has 1 rings (SSSR count). The Kier molecular flexibility index (Phi) is 2.98. The van der Waals surface area contributed by atoms with Crippen LogP contribution in [0.3, 0.4) is 0 Å². The lowest BCUT2D eigenvalue weighted by Crippen LogP contribution is -2.01. The van der Waals surface area contributed by atoms with E-state index in [1.54, 1.807) is 0 Å². The van der Waals surface area contributed by atoms with E-state index in [2.05, 4.69) is 0 Å². The minimum Gasteiger partial charge on any atom is -0.744 e. The summed E-state index contributed by atoms with van der Waals surface area (Å²) in [4.78, 5) is 8.98. The quantitative estimate of drug-likeness (QED) is 0.449. The highest BCUT2D eigenvalue weighted by Gasteiger charge is 2.18. The van der Waals surface area contributed by atoms with Gasteiger partial charge in [-0.05, 0) is 18.6 Å². The second-order valence-corrected chi connectivity index (χ2v) is 4.54. The van der Waals surface area contributed by atoms with Crippen LogP contribution in [0.5, 0.6) is 0 Å². The van der Waals surface area contributed by atoms with Gasteiger partial charge in [0, 0.05) is 6.07 Å². The number of nitro benzene ring substituents is 1. The molecule has 0 aliphatic heterocycles. The van der Waals surface area contributed by atoms with Gasteiger partial charge in [0.05, 0.1) is 9.82 Å². The van der Waals surface area contributed by atoms with Crippen molar-refractivity contribution in [2.24, 2.45) is 0 Å². The minimum absolute atomic E-state index is 0.167. The topological polar surface area (TPSA) is 100 Å². The average molecular weight is 251 g/mol. The van der Waals surface area contributed by atoms with E-state index in [9.17, 15) is 23.1 Å². The van der Waals surface area contributed by atoms with Gasteiger partial charge in [0.1, 0.15) is 15.1 Å². The first-order chi connectivity index (χ1) is 6.73. The van der Waals surface area contributed by atoms with Crippen LogP contribution in [0.15, 0.2) is 17.0 Å². The Hall–Kier alpha value is -1.18. The van der Waals surface area contributed by atoms with E-state index in [0.717, 1.165) is 6.07 Å². The number of aryl methyl sites for hydroxylation is 1. The van der Waals surface area contributed by atoms with Crippen molar-refractivity contribution in [3.63, 3.8) is 0 Å². The Morgan fingerprint density at radius 3 is 2.33 bits per heavy atom. The van der Waals surface area contributed by atoms with Crippen LogP contribution in [0.25, 0.3) is 0 Å². The molecular weight excluding hydrogens is 246 g/mol. The van der Waals surface area contributed by atoms with Crippen LogP contribution in [-0.2, 0) is 10.1 Å². The number of halogens is 1. The van der Waals surface area contributed by atoms with Crippen molar-refractivity contribution in [3.8, 4) is 0 Å². The molecule has 0 atom stereocenters. The van der Waals surface area contributed by atoms with Crippen LogP contribution < -0.4 is 0 Å². The first-order valence-corrected chi connectivity index (χ1v) is 5.42. The van der Waals surface area contributed by atoms with Crippen molar-refractivity contribution < 1.29 is 17.9 Å². The Labute approximate surface area is 90.4 Å². The molecule has 0 saturated carbocycles. The molecule has 82 valence electrons. The molecule has 15 heavy (non-hydrogen) atoms. The van der Waals surface area contributed by atoms with Gasteiger partial charge in [0.25, 0.3) is 5.69 Å². The SMILES string of the molecule is Cc1cc(S(=O)(=O)[O-])cc([N+](=O)[O-])c1Cl. The molecule has 1 aromatic rings. The summed E-state index contributed by atoms with van der Waals surface area (Å²) < 4.78 is 31.9. The molecule has 8 heteroatoms. The Morgan fingerprint density at radius 1 is 1.40 bits per heavy atom. The van der Waals surface area contributed by atoms with E-state index in [4.69, 9.17) is 11.6 Å². The Morgan fingerprint density at radius 2 is 1.93 bits per heavy atom. The number of hydrogen-bond donors (Lipinski definition) is 0. The summed E-state index contributed by atoms with van der Waals surface area (Å²) in [5.41, 5.74) is -0.425. The molecular formula is C7H5ClNO5S-. The molecule has 0 radical (unpaired) electrons. The monoisotopic (exact) mass is 250 g/mol. The van der Waals surface area contributed by atoms with E-state index in [0.29, 0.717) is 6.07 Å². The number of hydrogen-bond acceptors (Lipinski definition) is 5. The first-order valence-electron chi connectivity index (χ1n) is 3.64. The van der Waals surface area contributed by atoms with Gasteiger partial charge < -0.3 is 4.55 Å². The van der Waals surface area contributed by atoms with E-state index < -0.39 is 25.6 Å². The van der Waals surface area contributed by atoms with Crippen LogP contribution in [0.4, 0.5) is 5.69 Å². The maximum atomic E-state index is 10.6. The highest BCUT2D eigenvalue weighted by atomic mass is 35.5. The average Bonchev–Trinajstić information content (AvgIpc) is 2.06. The van der Waals surface area contributed by atoms with Gasteiger partial charge in [0.15, 0.2) is 0 Å². The van der Waals surface area contributed by atoms with Crippen molar-refractivity contribution in [2.75, 3.05) is 0 Å². The first kappa shape index (κ1) is 11.9. The van der Waals surface area contributed by atoms with Crippen LogP contribution in [-0.4, -0.2) is 17.9 Å². The fraction of sp³-hybridized carbons (Fsp3) is 0.143. The largest absolute Gasteiger partial charge is 0.744 e. The maximum Gasteiger partial charge on any atom is 0.289 e. The smallest absolute Gasteiger partial charge is 0.289 e. The fourth-order valence-electron chi connectivity index (χ4n) is 0.996. The van der Waals surface area contributed by atoms with Crippen LogP contribution in [0, 0.1) is 17.0 Å². The number of benzene rings is 1. The highest BCUT2D eigenvalue weighted by Crippen LogP contribution is 2.30. The van der Waals surface area contributed by atoms with Gasteiger partial charge >= 0.3 is 0 Å². The molecule has 0 heterocycles. The third-order valence-electron chi connectivity index (χ3n) is 1.69. The third-order valence-corrected chi connectivity index (χ3v) is 3.00. The zero-order valence-electron chi connectivity index (χ0n) is 7.43. The minimum atomic E-state index is -4.71. The van der Waals surface area contributed by atoms with Crippen molar-refractivity contribution >= 4 is 27.4 Å². The molecule has 0 N–H and O–H groups in total. The van der Waals surface area contributed by atoms with Crippen molar-refractivity contribution in [1.29, 1.82) is 0 Å². The molecule has 0 unspecified atom stereocenters. The molecule has 1 aromatic carbocycles. The lowest BCUT2D eigenvalue weighted by Gasteiger charge is -2.08. The second kappa shape index (κ2) is 3.76. The van der Waals surface area contributed by atoms with Crippen molar-refractivity contribution in [2.45, 2.75) is 11.8 Å². The van der Waals surface area contributed by atoms with Gasteiger partial charge in [-0.2, -0.15) is 0 Å². The normalized spacial score (nSPS) is 11.4. The summed E-state index contributed by atoms with van der Waals surface area (Å²) >= 11 is 5.57. The van der Waals surface area contributed by atoms with Gasteiger partial charge in [-0.25, -0.2) is 8.42 Å². The van der Waals surface area contributed by atoms with E-state index in [-0.39, 0.29) is 10.6 Å². The van der Waals surface area contributed by atoms with Crippen molar-refractivity contribution in [3.05, 3.63) is 32.8 Å². The van der Waals surface area contributed by atoms with E-state index >= 15 is 0 Å². The molecule has 0 spiro atoms. The predicted molar refractivity (Wildman–Crippen MR) is 50.8 cm³/mol. The standard InChI is InChI=1S/C7H6ClNO5S/c1-4-2-5(15(12,13)14)3-6(7(4)8)9(10)11/h2-3H,1H3,(H,12,13,14)/p-1. The molecule has 0 amide bonds. The molecule has 0 aliphatic rings. The Balaban J connectivity index is 3.57. The molecule has 0 fully saturated rings. The van der Waals surface area contributed by atoms with Gasteiger partial charge in [-0.15, -0.1) is 0 Å². The third kappa shape index (κ3) is 2.44. The number of nitrogens with zero attached hydrogens (tertiary/aromatic N) is 1. The van der Waals surface area contributed by atoms with E-state index in [1.165, 1.54) is 6.92 Å².